The highest BCUT2D eigenvalue weighted by molar-refractivity contribution is 7.88. The summed E-state index contributed by atoms with van der Waals surface area (Å²) >= 11 is 0. The lowest BCUT2D eigenvalue weighted by atomic mass is 9.97. The van der Waals surface area contributed by atoms with Crippen LogP contribution in [0.2, 0.25) is 0 Å². The quantitative estimate of drug-likeness (QED) is 0.830. The summed E-state index contributed by atoms with van der Waals surface area (Å²) in [5, 5.41) is 0. The van der Waals surface area contributed by atoms with Crippen LogP contribution in [0, 0.1) is 0 Å². The zero-order valence-electron chi connectivity index (χ0n) is 15.8. The standard InChI is InChI=1S/C21H26N2O3S/c1-3-21(24)23-13-12-19(22-27(2,25)26)20(23)15-16-8-7-11-18(14-16)17-9-5-4-6-10-17/h4-11,14,19-20,22H,3,12-13,15H2,1-2H3/t19-,20-/m1/s1. The van der Waals surface area contributed by atoms with E-state index in [-0.39, 0.29) is 18.0 Å². The lowest BCUT2D eigenvalue weighted by molar-refractivity contribution is -0.131. The van der Waals surface area contributed by atoms with Crippen molar-refractivity contribution >= 4 is 15.9 Å². The van der Waals surface area contributed by atoms with Gasteiger partial charge in [0.1, 0.15) is 0 Å². The van der Waals surface area contributed by atoms with E-state index in [9.17, 15) is 13.2 Å². The average Bonchev–Trinajstić information content (AvgIpc) is 3.02. The first kappa shape index (κ1) is 19.6. The molecule has 0 aromatic heterocycles. The molecule has 0 unspecified atom stereocenters. The van der Waals surface area contributed by atoms with Crippen molar-refractivity contribution in [1.29, 1.82) is 0 Å². The largest absolute Gasteiger partial charge is 0.338 e. The summed E-state index contributed by atoms with van der Waals surface area (Å²) in [6.45, 7) is 2.43. The molecule has 1 aliphatic heterocycles. The molecule has 0 saturated carbocycles. The molecule has 0 radical (unpaired) electrons. The molecule has 1 heterocycles. The third-order valence-electron chi connectivity index (χ3n) is 5.01. The van der Waals surface area contributed by atoms with Gasteiger partial charge >= 0.3 is 0 Å². The second-order valence-corrected chi connectivity index (χ2v) is 8.84. The minimum Gasteiger partial charge on any atom is -0.338 e. The molecule has 144 valence electrons. The fraction of sp³-hybridized carbons (Fsp3) is 0.381. The molecule has 3 rings (SSSR count). The average molecular weight is 387 g/mol. The van der Waals surface area contributed by atoms with Crippen molar-refractivity contribution < 1.29 is 13.2 Å². The van der Waals surface area contributed by atoms with Gasteiger partial charge in [0, 0.05) is 19.0 Å². The second-order valence-electron chi connectivity index (χ2n) is 7.06. The summed E-state index contributed by atoms with van der Waals surface area (Å²) in [6, 6.07) is 17.9. The predicted octanol–water partition coefficient (Wildman–Crippen LogP) is 2.82. The number of carbonyl (C=O) groups excluding carboxylic acids is 1. The van der Waals surface area contributed by atoms with Crippen LogP contribution < -0.4 is 4.72 Å². The maximum atomic E-state index is 12.4. The van der Waals surface area contributed by atoms with Crippen LogP contribution in [0.15, 0.2) is 54.6 Å². The maximum absolute atomic E-state index is 12.4. The number of likely N-dealkylation sites (tertiary alicyclic amines) is 1. The van der Waals surface area contributed by atoms with Crippen molar-refractivity contribution in [2.45, 2.75) is 38.3 Å². The Hall–Kier alpha value is -2.18. The fourth-order valence-electron chi connectivity index (χ4n) is 3.78. The Morgan fingerprint density at radius 3 is 2.48 bits per heavy atom. The Morgan fingerprint density at radius 2 is 1.81 bits per heavy atom. The van der Waals surface area contributed by atoms with E-state index in [0.29, 0.717) is 25.8 Å². The van der Waals surface area contributed by atoms with Gasteiger partial charge in [-0.15, -0.1) is 0 Å². The Morgan fingerprint density at radius 1 is 1.11 bits per heavy atom. The van der Waals surface area contributed by atoms with Crippen LogP contribution in [-0.4, -0.2) is 44.1 Å². The van der Waals surface area contributed by atoms with Crippen LogP contribution in [-0.2, 0) is 21.2 Å². The molecule has 2 aromatic rings. The highest BCUT2D eigenvalue weighted by Gasteiger charge is 2.37. The van der Waals surface area contributed by atoms with Crippen molar-refractivity contribution in [3.63, 3.8) is 0 Å². The molecule has 0 aliphatic carbocycles. The first-order valence-electron chi connectivity index (χ1n) is 9.28. The molecule has 27 heavy (non-hydrogen) atoms. The Balaban J connectivity index is 1.86. The highest BCUT2D eigenvalue weighted by Crippen LogP contribution is 2.26. The van der Waals surface area contributed by atoms with Gasteiger partial charge in [-0.05, 0) is 29.5 Å². The Kier molecular flexibility index (Phi) is 5.97. The molecule has 2 aromatic carbocycles. The highest BCUT2D eigenvalue weighted by atomic mass is 32.2. The van der Waals surface area contributed by atoms with E-state index >= 15 is 0 Å². The van der Waals surface area contributed by atoms with Gasteiger partial charge in [0.15, 0.2) is 0 Å². The first-order chi connectivity index (χ1) is 12.9. The lowest BCUT2D eigenvalue weighted by Gasteiger charge is -2.28. The van der Waals surface area contributed by atoms with E-state index in [0.717, 1.165) is 16.7 Å². The molecule has 1 aliphatic rings. The Bertz CT molecular complexity index is 897. The molecule has 6 heteroatoms. The van der Waals surface area contributed by atoms with Crippen LogP contribution >= 0.6 is 0 Å². The molecular weight excluding hydrogens is 360 g/mol. The monoisotopic (exact) mass is 386 g/mol. The number of hydrogen-bond acceptors (Lipinski definition) is 3. The number of rotatable bonds is 6. The number of hydrogen-bond donors (Lipinski definition) is 1. The zero-order valence-corrected chi connectivity index (χ0v) is 16.6. The summed E-state index contributed by atoms with van der Waals surface area (Å²) < 4.78 is 26.2. The number of nitrogens with zero attached hydrogens (tertiary/aromatic N) is 1. The van der Waals surface area contributed by atoms with Crippen LogP contribution in [0.3, 0.4) is 0 Å². The number of amides is 1. The van der Waals surface area contributed by atoms with E-state index in [4.69, 9.17) is 0 Å². The second kappa shape index (κ2) is 8.23. The third-order valence-corrected chi connectivity index (χ3v) is 5.74. The van der Waals surface area contributed by atoms with Crippen LogP contribution in [0.4, 0.5) is 0 Å². The van der Waals surface area contributed by atoms with E-state index in [1.807, 2.05) is 42.2 Å². The molecule has 1 fully saturated rings. The SMILES string of the molecule is CCC(=O)N1CC[C@@H](NS(C)(=O)=O)[C@H]1Cc1cccc(-c2ccccc2)c1. The van der Waals surface area contributed by atoms with Crippen molar-refractivity contribution in [3.8, 4) is 11.1 Å². The molecular formula is C21H26N2O3S. The minimum absolute atomic E-state index is 0.0667. The smallest absolute Gasteiger partial charge is 0.222 e. The van der Waals surface area contributed by atoms with Gasteiger partial charge in [-0.2, -0.15) is 0 Å². The molecule has 0 spiro atoms. The van der Waals surface area contributed by atoms with Crippen molar-refractivity contribution in [2.75, 3.05) is 12.8 Å². The predicted molar refractivity (Wildman–Crippen MR) is 108 cm³/mol. The van der Waals surface area contributed by atoms with Crippen molar-refractivity contribution in [3.05, 3.63) is 60.2 Å². The van der Waals surface area contributed by atoms with Crippen LogP contribution in [0.5, 0.6) is 0 Å². The normalized spacial score (nSPS) is 20.0. The van der Waals surface area contributed by atoms with E-state index < -0.39 is 10.0 Å². The lowest BCUT2D eigenvalue weighted by Crippen LogP contribution is -2.47. The summed E-state index contributed by atoms with van der Waals surface area (Å²) in [6.07, 6.45) is 2.86. The number of carbonyl (C=O) groups is 1. The third kappa shape index (κ3) is 4.96. The first-order valence-corrected chi connectivity index (χ1v) is 11.2. The molecule has 0 bridgehead atoms. The summed E-state index contributed by atoms with van der Waals surface area (Å²) in [7, 11) is -3.33. The summed E-state index contributed by atoms with van der Waals surface area (Å²) in [5.74, 6) is 0.0667. The van der Waals surface area contributed by atoms with Gasteiger partial charge in [0.25, 0.3) is 0 Å². The van der Waals surface area contributed by atoms with Crippen LogP contribution in [0.1, 0.15) is 25.3 Å². The van der Waals surface area contributed by atoms with Gasteiger partial charge < -0.3 is 4.90 Å². The molecule has 5 nitrogen and oxygen atoms in total. The van der Waals surface area contributed by atoms with E-state index in [1.54, 1.807) is 0 Å². The summed E-state index contributed by atoms with van der Waals surface area (Å²) in [4.78, 5) is 14.2. The van der Waals surface area contributed by atoms with Gasteiger partial charge in [-0.25, -0.2) is 13.1 Å². The van der Waals surface area contributed by atoms with Gasteiger partial charge in [0.05, 0.1) is 12.3 Å². The number of sulfonamides is 1. The molecule has 1 saturated heterocycles. The van der Waals surface area contributed by atoms with Gasteiger partial charge in [-0.3, -0.25) is 4.79 Å². The van der Waals surface area contributed by atoms with Crippen LogP contribution in [0.25, 0.3) is 11.1 Å². The maximum Gasteiger partial charge on any atom is 0.222 e. The van der Waals surface area contributed by atoms with E-state index in [1.165, 1.54) is 6.26 Å². The fourth-order valence-corrected chi connectivity index (χ4v) is 4.61. The zero-order chi connectivity index (χ0) is 19.4. The van der Waals surface area contributed by atoms with Crippen molar-refractivity contribution in [1.82, 2.24) is 9.62 Å². The van der Waals surface area contributed by atoms with Gasteiger partial charge in [0.2, 0.25) is 15.9 Å². The van der Waals surface area contributed by atoms with Crippen molar-refractivity contribution in [2.24, 2.45) is 0 Å². The summed E-state index contributed by atoms with van der Waals surface area (Å²) in [5.41, 5.74) is 3.35. The van der Waals surface area contributed by atoms with Gasteiger partial charge in [-0.1, -0.05) is 61.5 Å². The van der Waals surface area contributed by atoms with E-state index in [2.05, 4.69) is 29.0 Å². The topological polar surface area (TPSA) is 66.5 Å². The minimum atomic E-state index is -3.33. The molecule has 1 amide bonds. The number of nitrogens with one attached hydrogen (secondary N) is 1. The molecule has 1 N–H and O–H groups in total. The Labute approximate surface area is 161 Å². The molecule has 2 atom stereocenters. The number of benzene rings is 2.